The molecule has 3 aromatic rings. The Kier molecular flexibility index (Phi) is 9.83. The minimum Gasteiger partial charge on any atom is -0.493 e. The van der Waals surface area contributed by atoms with E-state index in [2.05, 4.69) is 10.2 Å². The maximum Gasteiger partial charge on any atom is 0.410 e. The van der Waals surface area contributed by atoms with Crippen LogP contribution < -0.4 is 15.0 Å². The van der Waals surface area contributed by atoms with Gasteiger partial charge in [0.05, 0.1) is 18.0 Å². The highest BCUT2D eigenvalue weighted by molar-refractivity contribution is 5.99. The van der Waals surface area contributed by atoms with Crippen LogP contribution in [0.5, 0.6) is 5.75 Å². The van der Waals surface area contributed by atoms with E-state index < -0.39 is 12.2 Å². The van der Waals surface area contributed by atoms with Crippen LogP contribution in [-0.4, -0.2) is 89.4 Å². The summed E-state index contributed by atoms with van der Waals surface area (Å²) in [5, 5.41) is 12.7. The van der Waals surface area contributed by atoms with E-state index >= 15 is 0 Å². The van der Waals surface area contributed by atoms with Crippen molar-refractivity contribution in [1.29, 1.82) is 0 Å². The van der Waals surface area contributed by atoms with Gasteiger partial charge in [-0.2, -0.15) is 0 Å². The topological polar surface area (TPSA) is 125 Å². The molecule has 0 aliphatic carbocycles. The molecule has 11 heteroatoms. The molecule has 5 rings (SSSR count). The largest absolute Gasteiger partial charge is 0.493 e. The fourth-order valence-electron chi connectivity index (χ4n) is 5.76. The van der Waals surface area contributed by atoms with Crippen LogP contribution in [0.3, 0.4) is 0 Å². The van der Waals surface area contributed by atoms with Crippen molar-refractivity contribution in [3.05, 3.63) is 78.0 Å². The molecule has 3 amide bonds. The van der Waals surface area contributed by atoms with Gasteiger partial charge in [-0.3, -0.25) is 4.79 Å². The van der Waals surface area contributed by atoms with Gasteiger partial charge < -0.3 is 34.6 Å². The van der Waals surface area contributed by atoms with Crippen molar-refractivity contribution in [2.75, 3.05) is 44.2 Å². The third-order valence-electron chi connectivity index (χ3n) is 8.07. The van der Waals surface area contributed by atoms with Gasteiger partial charge in [0.25, 0.3) is 5.91 Å². The third-order valence-corrected chi connectivity index (χ3v) is 8.07. The number of pyridine rings is 1. The zero-order valence-corrected chi connectivity index (χ0v) is 25.1. The van der Waals surface area contributed by atoms with Crippen LogP contribution in [0.1, 0.15) is 42.7 Å². The number of anilines is 1. The zero-order valence-electron chi connectivity index (χ0n) is 25.1. The summed E-state index contributed by atoms with van der Waals surface area (Å²) in [6.45, 7) is 6.49. The molecule has 3 heterocycles. The Hall–Kier alpha value is -4.80. The smallest absolute Gasteiger partial charge is 0.410 e. The van der Waals surface area contributed by atoms with Crippen LogP contribution in [0.2, 0.25) is 0 Å². The lowest BCUT2D eigenvalue weighted by molar-refractivity contribution is 0.0917. The highest BCUT2D eigenvalue weighted by Crippen LogP contribution is 2.33. The Balaban J connectivity index is 1.37. The number of hydrogen-bond donors (Lipinski definition) is 2. The zero-order chi connectivity index (χ0) is 31.1. The number of rotatable bonds is 9. The molecule has 0 unspecified atom stereocenters. The van der Waals surface area contributed by atoms with Gasteiger partial charge in [-0.05, 0) is 49.6 Å². The first-order valence-corrected chi connectivity index (χ1v) is 15.1. The summed E-state index contributed by atoms with van der Waals surface area (Å²) in [4.78, 5) is 48.3. The van der Waals surface area contributed by atoms with Crippen molar-refractivity contribution in [3.8, 4) is 17.0 Å². The molecule has 2 atom stereocenters. The Morgan fingerprint density at radius 2 is 1.70 bits per heavy atom. The summed E-state index contributed by atoms with van der Waals surface area (Å²) in [7, 11) is 0. The molecule has 0 spiro atoms. The van der Waals surface area contributed by atoms with Gasteiger partial charge in [0.15, 0.2) is 5.69 Å². The molecule has 0 bridgehead atoms. The van der Waals surface area contributed by atoms with E-state index in [1.807, 2.05) is 80.6 Å². The van der Waals surface area contributed by atoms with E-state index in [1.54, 1.807) is 4.90 Å². The van der Waals surface area contributed by atoms with Crippen molar-refractivity contribution < 1.29 is 29.0 Å². The number of carbonyl (C=O) groups excluding carboxylic acids is 2. The van der Waals surface area contributed by atoms with E-state index in [9.17, 15) is 19.5 Å². The quantitative estimate of drug-likeness (QED) is 0.356. The Morgan fingerprint density at radius 3 is 2.45 bits per heavy atom. The molecule has 2 aliphatic heterocycles. The fraction of sp³-hybridized carbons (Fsp3) is 0.394. The lowest BCUT2D eigenvalue weighted by atomic mass is 10.0. The molecule has 232 valence electrons. The number of carboxylic acid groups (broad SMARTS) is 1. The van der Waals surface area contributed by atoms with Crippen molar-refractivity contribution in [2.45, 2.75) is 45.4 Å². The SMILES string of the molecule is CCOc1ccccc1-c1ccc(N2CCN(C(=O)O)C[C@H]2CC)c(C(=O)N[C@@H]2CCN(C(=O)OCc3ccccc3)C2)n1. The lowest BCUT2D eigenvalue weighted by Gasteiger charge is -2.42. The first-order valence-electron chi connectivity index (χ1n) is 15.1. The van der Waals surface area contributed by atoms with Crippen LogP contribution in [0.15, 0.2) is 66.7 Å². The van der Waals surface area contributed by atoms with Gasteiger partial charge in [-0.25, -0.2) is 14.6 Å². The number of likely N-dealkylation sites (tertiary alicyclic amines) is 1. The normalized spacial score (nSPS) is 18.2. The van der Waals surface area contributed by atoms with Crippen LogP contribution in [0.4, 0.5) is 15.3 Å². The van der Waals surface area contributed by atoms with Crippen molar-refractivity contribution in [2.24, 2.45) is 0 Å². The summed E-state index contributed by atoms with van der Waals surface area (Å²) in [6.07, 6.45) is -0.0812. The molecule has 0 saturated carbocycles. The average molecular weight is 602 g/mol. The predicted molar refractivity (Wildman–Crippen MR) is 166 cm³/mol. The fourth-order valence-corrected chi connectivity index (χ4v) is 5.76. The molecule has 44 heavy (non-hydrogen) atoms. The predicted octanol–water partition coefficient (Wildman–Crippen LogP) is 4.87. The maximum absolute atomic E-state index is 13.9. The van der Waals surface area contributed by atoms with Gasteiger partial charge in [-0.1, -0.05) is 49.4 Å². The van der Waals surface area contributed by atoms with E-state index in [1.165, 1.54) is 4.90 Å². The number of piperazine rings is 1. The van der Waals surface area contributed by atoms with E-state index in [-0.39, 0.29) is 30.3 Å². The summed E-state index contributed by atoms with van der Waals surface area (Å²) >= 11 is 0. The molecule has 2 aliphatic rings. The van der Waals surface area contributed by atoms with Crippen LogP contribution in [0.25, 0.3) is 11.3 Å². The van der Waals surface area contributed by atoms with Gasteiger partial charge in [-0.15, -0.1) is 0 Å². The Labute approximate surface area is 257 Å². The second kappa shape index (κ2) is 14.1. The molecule has 2 fully saturated rings. The van der Waals surface area contributed by atoms with E-state index in [0.717, 1.165) is 11.1 Å². The second-order valence-corrected chi connectivity index (χ2v) is 10.9. The summed E-state index contributed by atoms with van der Waals surface area (Å²) < 4.78 is 11.3. The second-order valence-electron chi connectivity index (χ2n) is 10.9. The monoisotopic (exact) mass is 601 g/mol. The number of hydrogen-bond acceptors (Lipinski definition) is 7. The van der Waals surface area contributed by atoms with Gasteiger partial charge >= 0.3 is 12.2 Å². The van der Waals surface area contributed by atoms with Crippen molar-refractivity contribution in [1.82, 2.24) is 20.1 Å². The highest BCUT2D eigenvalue weighted by Gasteiger charge is 2.33. The Bertz CT molecular complexity index is 1470. The molecule has 2 saturated heterocycles. The first-order chi connectivity index (χ1) is 21.4. The number of aromatic nitrogens is 1. The third kappa shape index (κ3) is 7.04. The van der Waals surface area contributed by atoms with Crippen molar-refractivity contribution >= 4 is 23.8 Å². The molecule has 2 aromatic carbocycles. The number of ether oxygens (including phenoxy) is 2. The lowest BCUT2D eigenvalue weighted by Crippen LogP contribution is -2.55. The van der Waals surface area contributed by atoms with Gasteiger partial charge in [0, 0.05) is 50.4 Å². The standard InChI is InChI=1S/C33H39N5O6/c1-3-25-21-36(32(40)41)18-19-38(25)28-15-14-27(26-12-8-9-13-29(26)43-4-2)35-30(28)31(39)34-24-16-17-37(20-24)33(42)44-22-23-10-6-5-7-11-23/h5-15,24-25H,3-4,16-22H2,1-2H3,(H,34,39)(H,40,41)/t24-,25-/m1/s1. The van der Waals surface area contributed by atoms with Crippen LogP contribution in [-0.2, 0) is 11.3 Å². The number of nitrogens with zero attached hydrogens (tertiary/aromatic N) is 4. The van der Waals surface area contributed by atoms with Gasteiger partial charge in [0.1, 0.15) is 12.4 Å². The van der Waals surface area contributed by atoms with Crippen LogP contribution in [0, 0.1) is 0 Å². The highest BCUT2D eigenvalue weighted by atomic mass is 16.6. The van der Waals surface area contributed by atoms with Crippen LogP contribution >= 0.6 is 0 Å². The van der Waals surface area contributed by atoms with E-state index in [4.69, 9.17) is 14.5 Å². The molecule has 11 nitrogen and oxygen atoms in total. The minimum atomic E-state index is -0.949. The van der Waals surface area contributed by atoms with E-state index in [0.29, 0.717) is 69.3 Å². The summed E-state index contributed by atoms with van der Waals surface area (Å²) in [6, 6.07) is 20.4. The minimum absolute atomic E-state index is 0.115. The molecular weight excluding hydrogens is 562 g/mol. The Morgan fingerprint density at radius 1 is 0.932 bits per heavy atom. The molecular formula is C33H39N5O6. The first kappa shape index (κ1) is 30.7. The summed E-state index contributed by atoms with van der Waals surface area (Å²) in [5.41, 5.74) is 3.17. The number of benzene rings is 2. The van der Waals surface area contributed by atoms with Crippen molar-refractivity contribution in [3.63, 3.8) is 0 Å². The average Bonchev–Trinajstić information content (AvgIpc) is 3.52. The maximum atomic E-state index is 13.9. The van der Waals surface area contributed by atoms with Gasteiger partial charge in [0.2, 0.25) is 0 Å². The molecule has 0 radical (unpaired) electrons. The number of carbonyl (C=O) groups is 3. The number of nitrogens with one attached hydrogen (secondary N) is 1. The molecule has 2 N–H and O–H groups in total. The summed E-state index contributed by atoms with van der Waals surface area (Å²) in [5.74, 6) is 0.319. The number of para-hydroxylation sites is 1. The molecule has 1 aromatic heterocycles. The number of amides is 3.